The minimum atomic E-state index is 0.0712. The number of rotatable bonds is 13. The molecule has 37 heavy (non-hydrogen) atoms. The average molecular weight is 498 g/mol. The molecule has 5 heteroatoms. The molecule has 0 saturated carbocycles. The number of amides is 1. The van der Waals surface area contributed by atoms with Gasteiger partial charge in [0.25, 0.3) is 0 Å². The Hall–Kier alpha value is -3.60. The number of imidazole rings is 1. The molecule has 0 aliphatic heterocycles. The molecule has 1 heterocycles. The van der Waals surface area contributed by atoms with Crippen molar-refractivity contribution >= 4 is 16.9 Å². The lowest BCUT2D eigenvalue weighted by Gasteiger charge is -2.14. The Bertz CT molecular complexity index is 1310. The summed E-state index contributed by atoms with van der Waals surface area (Å²) >= 11 is 0. The van der Waals surface area contributed by atoms with Crippen LogP contribution >= 0.6 is 0 Å². The van der Waals surface area contributed by atoms with Crippen molar-refractivity contribution in [3.05, 3.63) is 95.3 Å². The maximum Gasteiger partial charge on any atom is 0.224 e. The largest absolute Gasteiger partial charge is 0.493 e. The topological polar surface area (TPSA) is 56.2 Å². The highest BCUT2D eigenvalue weighted by Gasteiger charge is 2.11. The number of hydrogen-bond acceptors (Lipinski definition) is 3. The number of carbonyl (C=O) groups excluding carboxylic acids is 1. The molecule has 1 amide bonds. The summed E-state index contributed by atoms with van der Waals surface area (Å²) in [6.07, 6.45) is 4.11. The third-order valence-corrected chi connectivity index (χ3v) is 6.82. The molecule has 5 nitrogen and oxygen atoms in total. The minimum absolute atomic E-state index is 0.0712. The highest BCUT2D eigenvalue weighted by molar-refractivity contribution is 5.79. The first-order valence-corrected chi connectivity index (χ1v) is 13.5. The Morgan fingerprint density at radius 1 is 0.946 bits per heavy atom. The summed E-state index contributed by atoms with van der Waals surface area (Å²) in [7, 11) is 0. The van der Waals surface area contributed by atoms with E-state index in [0.717, 1.165) is 60.4 Å². The Kier molecular flexibility index (Phi) is 9.36. The molecular weight excluding hydrogens is 458 g/mol. The van der Waals surface area contributed by atoms with E-state index in [4.69, 9.17) is 9.72 Å². The lowest BCUT2D eigenvalue weighted by Crippen LogP contribution is -2.26. The molecule has 0 spiro atoms. The van der Waals surface area contributed by atoms with E-state index < -0.39 is 0 Å². The summed E-state index contributed by atoms with van der Waals surface area (Å²) in [6, 6.07) is 24.7. The second-order valence-corrected chi connectivity index (χ2v) is 9.97. The van der Waals surface area contributed by atoms with Crippen molar-refractivity contribution in [3.8, 4) is 5.75 Å². The molecule has 4 aromatic rings. The van der Waals surface area contributed by atoms with E-state index in [-0.39, 0.29) is 5.91 Å². The Balaban J connectivity index is 1.27. The number of aromatic nitrogens is 2. The summed E-state index contributed by atoms with van der Waals surface area (Å²) < 4.78 is 8.46. The van der Waals surface area contributed by atoms with Gasteiger partial charge in [0, 0.05) is 19.5 Å². The zero-order chi connectivity index (χ0) is 26.0. The molecule has 0 aliphatic rings. The van der Waals surface area contributed by atoms with Crippen LogP contribution in [0.3, 0.4) is 0 Å². The van der Waals surface area contributed by atoms with E-state index in [1.165, 1.54) is 11.1 Å². The summed E-state index contributed by atoms with van der Waals surface area (Å²) in [5.74, 6) is 2.60. The first kappa shape index (κ1) is 26.5. The van der Waals surface area contributed by atoms with E-state index in [2.05, 4.69) is 60.1 Å². The normalized spacial score (nSPS) is 11.2. The van der Waals surface area contributed by atoms with Crippen molar-refractivity contribution in [3.63, 3.8) is 0 Å². The minimum Gasteiger partial charge on any atom is -0.493 e. The van der Waals surface area contributed by atoms with E-state index in [0.29, 0.717) is 25.5 Å². The molecule has 0 bridgehead atoms. The van der Waals surface area contributed by atoms with Gasteiger partial charge in [0.05, 0.1) is 24.1 Å². The lowest BCUT2D eigenvalue weighted by molar-refractivity contribution is -0.120. The number of nitrogens with one attached hydrogen (secondary N) is 1. The fraction of sp³-hybridized carbons (Fsp3) is 0.375. The highest BCUT2D eigenvalue weighted by Crippen LogP contribution is 2.26. The van der Waals surface area contributed by atoms with Crippen LogP contribution in [0.4, 0.5) is 0 Å². The Morgan fingerprint density at radius 2 is 1.70 bits per heavy atom. The summed E-state index contributed by atoms with van der Waals surface area (Å²) in [5, 5.41) is 3.08. The van der Waals surface area contributed by atoms with Crippen LogP contribution in [0.1, 0.15) is 61.5 Å². The molecule has 0 radical (unpaired) electrons. The van der Waals surface area contributed by atoms with Crippen molar-refractivity contribution in [2.45, 2.75) is 65.3 Å². The molecule has 0 atom stereocenters. The van der Waals surface area contributed by atoms with Gasteiger partial charge in [-0.3, -0.25) is 4.79 Å². The second-order valence-electron chi connectivity index (χ2n) is 9.97. The van der Waals surface area contributed by atoms with E-state index in [1.807, 2.05) is 43.3 Å². The summed E-state index contributed by atoms with van der Waals surface area (Å²) in [4.78, 5) is 17.3. The van der Waals surface area contributed by atoms with Crippen LogP contribution in [0, 0.1) is 6.92 Å². The first-order valence-electron chi connectivity index (χ1n) is 13.5. The van der Waals surface area contributed by atoms with Gasteiger partial charge in [-0.15, -0.1) is 0 Å². The average Bonchev–Trinajstić information content (AvgIpc) is 3.25. The van der Waals surface area contributed by atoms with Crippen molar-refractivity contribution < 1.29 is 9.53 Å². The highest BCUT2D eigenvalue weighted by atomic mass is 16.5. The van der Waals surface area contributed by atoms with Crippen LogP contribution in [0.25, 0.3) is 11.0 Å². The fourth-order valence-corrected chi connectivity index (χ4v) is 4.73. The predicted octanol–water partition coefficient (Wildman–Crippen LogP) is 6.62. The molecule has 1 aromatic heterocycles. The van der Waals surface area contributed by atoms with Gasteiger partial charge in [0.15, 0.2) is 0 Å². The van der Waals surface area contributed by atoms with Gasteiger partial charge in [-0.25, -0.2) is 4.98 Å². The monoisotopic (exact) mass is 497 g/mol. The molecule has 194 valence electrons. The van der Waals surface area contributed by atoms with Crippen LogP contribution in [-0.4, -0.2) is 28.6 Å². The fourth-order valence-electron chi connectivity index (χ4n) is 4.73. The number of para-hydroxylation sites is 3. The van der Waals surface area contributed by atoms with Crippen molar-refractivity contribution in [1.82, 2.24) is 14.9 Å². The Morgan fingerprint density at radius 3 is 2.54 bits per heavy atom. The number of fused-ring (bicyclic) bond motifs is 1. The van der Waals surface area contributed by atoms with Gasteiger partial charge in [-0.2, -0.15) is 0 Å². The number of aryl methyl sites for hydroxylation is 3. The maximum absolute atomic E-state index is 12.4. The van der Waals surface area contributed by atoms with Gasteiger partial charge in [0.2, 0.25) is 5.91 Å². The number of hydrogen-bond donors (Lipinski definition) is 1. The maximum atomic E-state index is 12.4. The predicted molar refractivity (Wildman–Crippen MR) is 151 cm³/mol. The molecule has 0 saturated heterocycles. The summed E-state index contributed by atoms with van der Waals surface area (Å²) in [5.41, 5.74) is 5.70. The molecular formula is C32H39N3O2. The SMILES string of the molecule is Cc1ccccc1CC(=O)NCCCc1nc2ccccc2n1CCCCOc1ccccc1C(C)C. The van der Waals surface area contributed by atoms with Gasteiger partial charge in [-0.05, 0) is 67.0 Å². The third-order valence-electron chi connectivity index (χ3n) is 6.82. The van der Waals surface area contributed by atoms with Crippen molar-refractivity contribution in [2.75, 3.05) is 13.2 Å². The number of carbonyl (C=O) groups is 1. The molecule has 4 rings (SSSR count). The van der Waals surface area contributed by atoms with E-state index in [9.17, 15) is 4.79 Å². The van der Waals surface area contributed by atoms with Gasteiger partial charge in [0.1, 0.15) is 11.6 Å². The van der Waals surface area contributed by atoms with Crippen LogP contribution in [-0.2, 0) is 24.2 Å². The summed E-state index contributed by atoms with van der Waals surface area (Å²) in [6.45, 7) is 8.71. The first-order chi connectivity index (χ1) is 18.0. The smallest absolute Gasteiger partial charge is 0.224 e. The van der Waals surface area contributed by atoms with E-state index >= 15 is 0 Å². The lowest BCUT2D eigenvalue weighted by atomic mass is 10.0. The number of unbranched alkanes of at least 4 members (excludes halogenated alkanes) is 1. The van der Waals surface area contributed by atoms with Crippen LogP contribution < -0.4 is 10.1 Å². The molecule has 0 fully saturated rings. The van der Waals surface area contributed by atoms with Crippen LogP contribution in [0.2, 0.25) is 0 Å². The third kappa shape index (κ3) is 7.22. The van der Waals surface area contributed by atoms with Crippen molar-refractivity contribution in [2.24, 2.45) is 0 Å². The quantitative estimate of drug-likeness (QED) is 0.211. The zero-order valence-corrected chi connectivity index (χ0v) is 22.4. The zero-order valence-electron chi connectivity index (χ0n) is 22.4. The standard InChI is InChI=1S/C32H39N3O2/c1-24(2)27-15-6-9-18-30(27)37-22-11-10-21-35-29-17-8-7-16-28(29)34-31(35)19-12-20-33-32(36)23-26-14-5-4-13-25(26)3/h4-9,13-18,24H,10-12,19-23H2,1-3H3,(H,33,36). The van der Waals surface area contributed by atoms with Gasteiger partial charge >= 0.3 is 0 Å². The molecule has 0 aliphatic carbocycles. The van der Waals surface area contributed by atoms with Crippen molar-refractivity contribution in [1.29, 1.82) is 0 Å². The Labute approximate surface area is 220 Å². The second kappa shape index (κ2) is 13.1. The van der Waals surface area contributed by atoms with Gasteiger partial charge < -0.3 is 14.6 Å². The number of ether oxygens (including phenoxy) is 1. The number of nitrogens with zero attached hydrogens (tertiary/aromatic N) is 2. The molecule has 0 unspecified atom stereocenters. The molecule has 1 N–H and O–H groups in total. The number of benzene rings is 3. The van der Waals surface area contributed by atoms with Crippen LogP contribution in [0.15, 0.2) is 72.8 Å². The van der Waals surface area contributed by atoms with Crippen LogP contribution in [0.5, 0.6) is 5.75 Å². The molecule has 3 aromatic carbocycles. The van der Waals surface area contributed by atoms with E-state index in [1.54, 1.807) is 0 Å². The van der Waals surface area contributed by atoms with Gasteiger partial charge in [-0.1, -0.05) is 68.4 Å².